The van der Waals surface area contributed by atoms with Gasteiger partial charge in [-0.3, -0.25) is 4.99 Å². The van der Waals surface area contributed by atoms with Crippen molar-refractivity contribution in [1.82, 2.24) is 20.3 Å². The Kier molecular flexibility index (Phi) is 4.77. The van der Waals surface area contributed by atoms with Crippen molar-refractivity contribution in [3.8, 4) is 0 Å². The van der Waals surface area contributed by atoms with E-state index in [4.69, 9.17) is 0 Å². The molecule has 3 rings (SSSR count). The molecule has 2 aromatic heterocycles. The van der Waals surface area contributed by atoms with E-state index in [9.17, 15) is 0 Å². The summed E-state index contributed by atoms with van der Waals surface area (Å²) in [6.07, 6.45) is 5.39. The Bertz CT molecular complexity index is 675. The fourth-order valence-corrected chi connectivity index (χ4v) is 2.49. The van der Waals surface area contributed by atoms with Gasteiger partial charge in [-0.2, -0.15) is 0 Å². The van der Waals surface area contributed by atoms with Gasteiger partial charge < -0.3 is 15.5 Å². The highest BCUT2D eigenvalue weighted by atomic mass is 15.2. The second-order valence-electron chi connectivity index (χ2n) is 5.39. The number of aromatic nitrogens is 3. The van der Waals surface area contributed by atoms with Crippen LogP contribution in [0.25, 0.3) is 0 Å². The van der Waals surface area contributed by atoms with Crippen LogP contribution in [0.5, 0.6) is 0 Å². The lowest BCUT2D eigenvalue weighted by molar-refractivity contribution is 0.589. The Morgan fingerprint density at radius 2 is 2.04 bits per heavy atom. The first-order valence-electron chi connectivity index (χ1n) is 7.71. The molecule has 0 bridgehead atoms. The lowest BCUT2D eigenvalue weighted by Crippen LogP contribution is -2.43. The summed E-state index contributed by atoms with van der Waals surface area (Å²) in [5.41, 5.74) is 2.94. The number of rotatable bonds is 4. The Labute approximate surface area is 135 Å². The summed E-state index contributed by atoms with van der Waals surface area (Å²) >= 11 is 0. The predicted octanol–water partition coefficient (Wildman–Crippen LogP) is 1.38. The summed E-state index contributed by atoms with van der Waals surface area (Å²) in [5, 5.41) is 6.48. The third kappa shape index (κ3) is 3.81. The van der Waals surface area contributed by atoms with Crippen molar-refractivity contribution >= 4 is 23.7 Å². The second kappa shape index (κ2) is 7.15. The number of piperazine rings is 1. The number of nitrogens with one attached hydrogen (secondary N) is 2. The van der Waals surface area contributed by atoms with Gasteiger partial charge in [0, 0.05) is 51.2 Å². The summed E-state index contributed by atoms with van der Waals surface area (Å²) in [4.78, 5) is 19.5. The van der Waals surface area contributed by atoms with Crippen molar-refractivity contribution in [2.45, 2.75) is 6.92 Å². The topological polar surface area (TPSA) is 78.3 Å². The Morgan fingerprint density at radius 1 is 1.22 bits per heavy atom. The van der Waals surface area contributed by atoms with Crippen molar-refractivity contribution in [2.24, 2.45) is 4.99 Å². The van der Waals surface area contributed by atoms with E-state index in [1.54, 1.807) is 19.5 Å². The van der Waals surface area contributed by atoms with Crippen LogP contribution in [-0.4, -0.2) is 54.4 Å². The molecule has 0 unspecified atom stereocenters. The fraction of sp³-hybridized carbons (Fsp3) is 0.375. The highest BCUT2D eigenvalue weighted by Gasteiger charge is 2.10. The molecular weight excluding hydrogens is 290 g/mol. The van der Waals surface area contributed by atoms with Crippen LogP contribution in [0.4, 0.5) is 17.5 Å². The number of nitrogens with zero attached hydrogens (tertiary/aromatic N) is 5. The fourth-order valence-electron chi connectivity index (χ4n) is 2.49. The first-order valence-corrected chi connectivity index (χ1v) is 7.71. The average molecular weight is 311 g/mol. The van der Waals surface area contributed by atoms with Gasteiger partial charge in [0.15, 0.2) is 0 Å². The van der Waals surface area contributed by atoms with E-state index in [0.29, 0.717) is 5.95 Å². The Hall–Kier alpha value is -2.54. The smallest absolute Gasteiger partial charge is 0.228 e. The molecule has 0 radical (unpaired) electrons. The molecule has 7 heteroatoms. The zero-order valence-electron chi connectivity index (χ0n) is 13.5. The van der Waals surface area contributed by atoms with Crippen LogP contribution < -0.4 is 15.5 Å². The minimum absolute atomic E-state index is 0.540. The number of pyridine rings is 1. The monoisotopic (exact) mass is 311 g/mol. The maximum Gasteiger partial charge on any atom is 0.228 e. The summed E-state index contributed by atoms with van der Waals surface area (Å²) in [7, 11) is 1.73. The molecule has 0 aliphatic carbocycles. The van der Waals surface area contributed by atoms with Crippen LogP contribution in [-0.2, 0) is 0 Å². The normalized spacial score (nSPS) is 15.1. The van der Waals surface area contributed by atoms with Crippen LogP contribution >= 0.6 is 0 Å². The Balaban J connectivity index is 1.69. The van der Waals surface area contributed by atoms with Crippen molar-refractivity contribution < 1.29 is 0 Å². The van der Waals surface area contributed by atoms with Gasteiger partial charge in [0.25, 0.3) is 0 Å². The largest absolute Gasteiger partial charge is 0.368 e. The van der Waals surface area contributed by atoms with Gasteiger partial charge >= 0.3 is 0 Å². The number of hydrogen-bond acceptors (Lipinski definition) is 7. The molecule has 2 aromatic rings. The first-order chi connectivity index (χ1) is 11.3. The highest BCUT2D eigenvalue weighted by Crippen LogP contribution is 2.17. The van der Waals surface area contributed by atoms with E-state index in [1.807, 2.05) is 19.2 Å². The molecule has 1 aliphatic heterocycles. The number of aliphatic imine (C=N–C) groups is 1. The van der Waals surface area contributed by atoms with Gasteiger partial charge in [-0.15, -0.1) is 0 Å². The van der Waals surface area contributed by atoms with E-state index < -0.39 is 0 Å². The summed E-state index contributed by atoms with van der Waals surface area (Å²) in [5.74, 6) is 1.28. The second-order valence-corrected chi connectivity index (χ2v) is 5.39. The molecule has 1 fully saturated rings. The maximum atomic E-state index is 4.46. The van der Waals surface area contributed by atoms with Crippen molar-refractivity contribution in [2.75, 3.05) is 43.4 Å². The summed E-state index contributed by atoms with van der Waals surface area (Å²) in [6, 6.07) is 4.03. The van der Waals surface area contributed by atoms with E-state index in [-0.39, 0.29) is 0 Å². The zero-order chi connectivity index (χ0) is 16.1. The minimum Gasteiger partial charge on any atom is -0.368 e. The van der Waals surface area contributed by atoms with Gasteiger partial charge in [-0.05, 0) is 19.1 Å². The van der Waals surface area contributed by atoms with Crippen molar-refractivity contribution in [1.29, 1.82) is 0 Å². The number of hydrogen-bond donors (Lipinski definition) is 2. The third-order valence-corrected chi connectivity index (χ3v) is 3.76. The molecule has 0 spiro atoms. The van der Waals surface area contributed by atoms with Crippen LogP contribution in [0.3, 0.4) is 0 Å². The molecule has 120 valence electrons. The summed E-state index contributed by atoms with van der Waals surface area (Å²) < 4.78 is 0. The quantitative estimate of drug-likeness (QED) is 0.831. The number of aryl methyl sites for hydroxylation is 1. The number of anilines is 3. The van der Waals surface area contributed by atoms with Crippen LogP contribution in [0.1, 0.15) is 11.3 Å². The van der Waals surface area contributed by atoms with Crippen LogP contribution in [0.2, 0.25) is 0 Å². The average Bonchev–Trinajstić information content (AvgIpc) is 2.59. The molecular formula is C16H21N7. The molecule has 1 saturated heterocycles. The van der Waals surface area contributed by atoms with E-state index in [2.05, 4.69) is 41.5 Å². The van der Waals surface area contributed by atoms with Gasteiger partial charge in [-0.25, -0.2) is 15.0 Å². The van der Waals surface area contributed by atoms with E-state index in [1.165, 1.54) is 0 Å². The molecule has 23 heavy (non-hydrogen) atoms. The Morgan fingerprint density at radius 3 is 2.70 bits per heavy atom. The van der Waals surface area contributed by atoms with Crippen molar-refractivity contribution in [3.63, 3.8) is 0 Å². The molecule has 2 N–H and O–H groups in total. The first kappa shape index (κ1) is 15.4. The van der Waals surface area contributed by atoms with Crippen LogP contribution in [0, 0.1) is 6.92 Å². The van der Waals surface area contributed by atoms with Gasteiger partial charge in [0.2, 0.25) is 5.95 Å². The SMILES string of the molecule is CN=Cc1cnc(Nc2ccc(N3CCNCC3)cn2)nc1C. The molecule has 0 atom stereocenters. The summed E-state index contributed by atoms with van der Waals surface area (Å²) in [6.45, 7) is 5.99. The molecule has 7 nitrogen and oxygen atoms in total. The van der Waals surface area contributed by atoms with Gasteiger partial charge in [0.05, 0.1) is 17.6 Å². The molecule has 1 aliphatic rings. The molecule has 0 amide bonds. The van der Waals surface area contributed by atoms with Gasteiger partial charge in [-0.1, -0.05) is 0 Å². The van der Waals surface area contributed by atoms with E-state index in [0.717, 1.165) is 48.9 Å². The lowest BCUT2D eigenvalue weighted by Gasteiger charge is -2.29. The molecule has 0 saturated carbocycles. The standard InChI is InChI=1S/C16H21N7/c1-12-13(9-17-2)10-20-16(21-12)22-15-4-3-14(11-19-15)23-7-5-18-6-8-23/h3-4,9-11,18H,5-8H2,1-2H3,(H,19,20,21,22). The van der Waals surface area contributed by atoms with Crippen LogP contribution in [0.15, 0.2) is 29.5 Å². The molecule has 0 aromatic carbocycles. The predicted molar refractivity (Wildman–Crippen MR) is 92.9 cm³/mol. The molecule has 3 heterocycles. The third-order valence-electron chi connectivity index (χ3n) is 3.76. The highest BCUT2D eigenvalue weighted by molar-refractivity contribution is 5.80. The lowest BCUT2D eigenvalue weighted by atomic mass is 10.3. The van der Waals surface area contributed by atoms with E-state index >= 15 is 0 Å². The van der Waals surface area contributed by atoms with Crippen molar-refractivity contribution in [3.05, 3.63) is 35.8 Å². The minimum atomic E-state index is 0.540. The maximum absolute atomic E-state index is 4.46. The zero-order valence-corrected chi connectivity index (χ0v) is 13.5. The van der Waals surface area contributed by atoms with Gasteiger partial charge in [0.1, 0.15) is 5.82 Å².